The number of aromatic nitrogens is 4. The minimum Gasteiger partial charge on any atom is -0.378 e. The van der Waals surface area contributed by atoms with Crippen molar-refractivity contribution in [2.75, 3.05) is 12.4 Å². The van der Waals surface area contributed by atoms with Gasteiger partial charge in [-0.15, -0.1) is 0 Å². The van der Waals surface area contributed by atoms with Crippen LogP contribution in [0.1, 0.15) is 34.7 Å². The fraction of sp³-hybridized carbons (Fsp3) is 0.217. The lowest BCUT2D eigenvalue weighted by atomic mass is 10.0. The molecule has 0 radical (unpaired) electrons. The molecule has 0 bridgehead atoms. The number of carbonyl (C=O) groups is 1. The molecule has 4 rings (SSSR count). The molecule has 32 heavy (non-hydrogen) atoms. The summed E-state index contributed by atoms with van der Waals surface area (Å²) >= 11 is 0. The molecule has 3 heterocycles. The van der Waals surface area contributed by atoms with Gasteiger partial charge in [-0.2, -0.15) is 5.10 Å². The number of nitrogens with two attached hydrogens (primary N) is 1. The Morgan fingerprint density at radius 1 is 1.22 bits per heavy atom. The Morgan fingerprint density at radius 2 is 2.00 bits per heavy atom. The number of hydrogen-bond donors (Lipinski definition) is 2. The number of pyridine rings is 2. The Bertz CT molecular complexity index is 1290. The molecule has 3 N–H and O–H groups in total. The minimum absolute atomic E-state index is 0.214. The van der Waals surface area contributed by atoms with E-state index in [9.17, 15) is 9.18 Å². The van der Waals surface area contributed by atoms with E-state index in [1.165, 1.54) is 17.1 Å². The molecule has 0 aliphatic heterocycles. The monoisotopic (exact) mass is 434 g/mol. The van der Waals surface area contributed by atoms with Crippen LogP contribution in [-0.2, 0) is 18.4 Å². The summed E-state index contributed by atoms with van der Waals surface area (Å²) in [4.78, 5) is 20.9. The van der Waals surface area contributed by atoms with Crippen LogP contribution < -0.4 is 11.1 Å². The zero-order valence-corrected chi connectivity index (χ0v) is 18.0. The molecule has 1 atom stereocenters. The number of amides is 1. The van der Waals surface area contributed by atoms with Gasteiger partial charge in [0.25, 0.3) is 5.91 Å². The molecule has 8 nitrogen and oxygen atoms in total. The number of rotatable bonds is 7. The van der Waals surface area contributed by atoms with E-state index in [2.05, 4.69) is 20.4 Å². The Labute approximate surface area is 184 Å². The number of aryl methyl sites for hydroxylation is 1. The predicted octanol–water partition coefficient (Wildman–Crippen LogP) is 3.59. The second-order valence-electron chi connectivity index (χ2n) is 7.52. The van der Waals surface area contributed by atoms with Crippen molar-refractivity contribution in [1.82, 2.24) is 19.7 Å². The molecule has 164 valence electrons. The van der Waals surface area contributed by atoms with Gasteiger partial charge in [-0.3, -0.25) is 19.4 Å². The molecule has 0 fully saturated rings. The van der Waals surface area contributed by atoms with Crippen LogP contribution in [0.3, 0.4) is 0 Å². The maximum absolute atomic E-state index is 14.3. The van der Waals surface area contributed by atoms with Crippen LogP contribution in [0, 0.1) is 5.82 Å². The molecule has 0 saturated carbocycles. The highest BCUT2D eigenvalue weighted by atomic mass is 19.1. The zero-order chi connectivity index (χ0) is 22.8. The molecule has 0 unspecified atom stereocenters. The van der Waals surface area contributed by atoms with Crippen LogP contribution in [0.2, 0.25) is 0 Å². The minimum atomic E-state index is -0.633. The summed E-state index contributed by atoms with van der Waals surface area (Å²) in [5.74, 6) is -1.07. The second kappa shape index (κ2) is 8.72. The van der Waals surface area contributed by atoms with Gasteiger partial charge in [-0.05, 0) is 30.7 Å². The number of methoxy groups -OCH3 is 1. The summed E-state index contributed by atoms with van der Waals surface area (Å²) < 4.78 is 20.8. The van der Waals surface area contributed by atoms with E-state index >= 15 is 0 Å². The van der Waals surface area contributed by atoms with E-state index in [0.29, 0.717) is 23.2 Å². The first-order chi connectivity index (χ1) is 15.4. The SMILES string of the molecule is COCc1ccc(-c2ccc3ncc(C(N)=O)c(N[C@@H](C)c4nn(C)cc4F)c3c2)cn1. The number of anilines is 1. The highest BCUT2D eigenvalue weighted by Crippen LogP contribution is 2.33. The van der Waals surface area contributed by atoms with Crippen LogP contribution in [-0.4, -0.2) is 32.8 Å². The number of ether oxygens (including phenoxy) is 1. The van der Waals surface area contributed by atoms with Gasteiger partial charge in [0.05, 0.1) is 41.3 Å². The lowest BCUT2D eigenvalue weighted by Crippen LogP contribution is -2.17. The molecule has 0 aliphatic carbocycles. The number of hydrogen-bond acceptors (Lipinski definition) is 6. The van der Waals surface area contributed by atoms with E-state index in [1.807, 2.05) is 30.3 Å². The Balaban J connectivity index is 1.80. The summed E-state index contributed by atoms with van der Waals surface area (Å²) in [6.45, 7) is 2.20. The number of nitrogens with zero attached hydrogens (tertiary/aromatic N) is 4. The Hall–Kier alpha value is -3.85. The summed E-state index contributed by atoms with van der Waals surface area (Å²) in [7, 11) is 3.27. The summed E-state index contributed by atoms with van der Waals surface area (Å²) in [6, 6.07) is 9.02. The molecular formula is C23H23FN6O2. The van der Waals surface area contributed by atoms with Gasteiger partial charge >= 0.3 is 0 Å². The van der Waals surface area contributed by atoms with Gasteiger partial charge in [0.1, 0.15) is 5.69 Å². The average Bonchev–Trinajstić information content (AvgIpc) is 3.12. The van der Waals surface area contributed by atoms with Gasteiger partial charge in [-0.1, -0.05) is 12.1 Å². The topological polar surface area (TPSA) is 108 Å². The first kappa shape index (κ1) is 21.4. The van der Waals surface area contributed by atoms with E-state index in [-0.39, 0.29) is 11.3 Å². The first-order valence-electron chi connectivity index (χ1n) is 9.99. The van der Waals surface area contributed by atoms with Gasteiger partial charge in [0.15, 0.2) is 5.82 Å². The second-order valence-corrected chi connectivity index (χ2v) is 7.52. The number of carbonyl (C=O) groups excluding carboxylic acids is 1. The molecular weight excluding hydrogens is 411 g/mol. The van der Waals surface area contributed by atoms with Crippen molar-refractivity contribution in [2.45, 2.75) is 19.6 Å². The van der Waals surface area contributed by atoms with Crippen molar-refractivity contribution in [1.29, 1.82) is 0 Å². The van der Waals surface area contributed by atoms with Crippen molar-refractivity contribution < 1.29 is 13.9 Å². The highest BCUT2D eigenvalue weighted by Gasteiger charge is 2.20. The fourth-order valence-corrected chi connectivity index (χ4v) is 3.60. The highest BCUT2D eigenvalue weighted by molar-refractivity contribution is 6.07. The van der Waals surface area contributed by atoms with Gasteiger partial charge < -0.3 is 15.8 Å². The molecule has 4 aromatic rings. The summed E-state index contributed by atoms with van der Waals surface area (Å²) in [6.07, 6.45) is 4.49. The lowest BCUT2D eigenvalue weighted by molar-refractivity contribution is 0.100. The van der Waals surface area contributed by atoms with Crippen LogP contribution in [0.5, 0.6) is 0 Å². The quantitative estimate of drug-likeness (QED) is 0.460. The lowest BCUT2D eigenvalue weighted by Gasteiger charge is -2.18. The standard InChI is InChI=1S/C23H23FN6O2/c1-13(21-19(24)11-30(2)29-21)28-22-17-8-14(15-4-6-16(12-32-3)26-9-15)5-7-20(17)27-10-18(22)23(25)31/h4-11,13H,12H2,1-3H3,(H2,25,31)(H,27,28)/t13-/m0/s1. The van der Waals surface area contributed by atoms with Crippen molar-refractivity contribution >= 4 is 22.5 Å². The Morgan fingerprint density at radius 3 is 2.62 bits per heavy atom. The largest absolute Gasteiger partial charge is 0.378 e. The van der Waals surface area contributed by atoms with Gasteiger partial charge in [0, 0.05) is 37.5 Å². The fourth-order valence-electron chi connectivity index (χ4n) is 3.60. The normalized spacial score (nSPS) is 12.1. The molecule has 3 aromatic heterocycles. The van der Waals surface area contributed by atoms with E-state index in [0.717, 1.165) is 16.8 Å². The third-order valence-electron chi connectivity index (χ3n) is 5.17. The van der Waals surface area contributed by atoms with Crippen molar-refractivity contribution in [2.24, 2.45) is 12.8 Å². The van der Waals surface area contributed by atoms with Crippen molar-refractivity contribution in [3.63, 3.8) is 0 Å². The van der Waals surface area contributed by atoms with Crippen LogP contribution in [0.25, 0.3) is 22.0 Å². The Kier molecular flexibility index (Phi) is 5.83. The molecule has 0 saturated heterocycles. The molecule has 0 spiro atoms. The van der Waals surface area contributed by atoms with E-state index in [4.69, 9.17) is 10.5 Å². The van der Waals surface area contributed by atoms with E-state index < -0.39 is 17.8 Å². The maximum atomic E-state index is 14.3. The van der Waals surface area contributed by atoms with Crippen LogP contribution in [0.15, 0.2) is 48.9 Å². The van der Waals surface area contributed by atoms with Gasteiger partial charge in [0.2, 0.25) is 0 Å². The third kappa shape index (κ3) is 4.15. The van der Waals surface area contributed by atoms with Crippen LogP contribution >= 0.6 is 0 Å². The third-order valence-corrected chi connectivity index (χ3v) is 5.17. The average molecular weight is 434 g/mol. The number of benzene rings is 1. The number of halogens is 1. The van der Waals surface area contributed by atoms with E-state index in [1.54, 1.807) is 27.3 Å². The molecule has 9 heteroatoms. The summed E-state index contributed by atoms with van der Waals surface area (Å²) in [5.41, 5.74) is 9.81. The first-order valence-corrected chi connectivity index (χ1v) is 9.99. The van der Waals surface area contributed by atoms with Crippen molar-refractivity contribution in [3.05, 3.63) is 71.7 Å². The zero-order valence-electron chi connectivity index (χ0n) is 18.0. The molecule has 0 aliphatic rings. The van der Waals surface area contributed by atoms with Crippen LogP contribution in [0.4, 0.5) is 10.1 Å². The number of fused-ring (bicyclic) bond motifs is 1. The number of nitrogens with one attached hydrogen (secondary N) is 1. The molecule has 1 amide bonds. The van der Waals surface area contributed by atoms with Gasteiger partial charge in [-0.25, -0.2) is 4.39 Å². The summed E-state index contributed by atoms with van der Waals surface area (Å²) in [5, 5.41) is 8.08. The number of primary amides is 1. The van der Waals surface area contributed by atoms with Crippen molar-refractivity contribution in [3.8, 4) is 11.1 Å². The maximum Gasteiger partial charge on any atom is 0.252 e. The smallest absolute Gasteiger partial charge is 0.252 e. The predicted molar refractivity (Wildman–Crippen MR) is 119 cm³/mol. The molecule has 1 aromatic carbocycles.